The molecule has 0 aliphatic carbocycles. The standard InChI is InChI=1S/C31H48ClN5O4S/c1-9-10-11-12-13-16-19-42(39,40)36-22-17-14-15-18-23(22)41-21-25(38)34-31(7,8)30(5,6)24-20-33-28-26(32)27(29(2,3)4)35-37(24)28/h14-15,17-18,20,35-36H,9-13,16,19,21H2,1-8H3,(H,34,38). The molecule has 3 rings (SSSR count). The number of nitrogens with one attached hydrogen (secondary N) is 3. The van der Waals surface area contributed by atoms with Crippen molar-refractivity contribution in [2.75, 3.05) is 17.1 Å². The first kappa shape index (κ1) is 33.8. The van der Waals surface area contributed by atoms with E-state index in [-0.39, 0.29) is 23.7 Å². The first-order valence-electron chi connectivity index (χ1n) is 14.8. The molecule has 0 aliphatic heterocycles. The molecule has 3 aromatic rings. The van der Waals surface area contributed by atoms with Crippen molar-refractivity contribution in [3.8, 4) is 5.75 Å². The number of fused-ring (bicyclic) bond motifs is 1. The van der Waals surface area contributed by atoms with Crippen LogP contribution in [-0.2, 0) is 25.6 Å². The van der Waals surface area contributed by atoms with E-state index in [0.717, 1.165) is 37.1 Å². The van der Waals surface area contributed by atoms with Gasteiger partial charge in [0, 0.05) is 16.4 Å². The Morgan fingerprint density at radius 3 is 2.33 bits per heavy atom. The third-order valence-electron chi connectivity index (χ3n) is 8.08. The quantitative estimate of drug-likeness (QED) is 0.158. The Morgan fingerprint density at radius 1 is 1.02 bits per heavy atom. The summed E-state index contributed by atoms with van der Waals surface area (Å²) in [7, 11) is -3.54. The molecule has 11 heteroatoms. The van der Waals surface area contributed by atoms with Crippen LogP contribution in [0.3, 0.4) is 0 Å². The van der Waals surface area contributed by atoms with Gasteiger partial charge in [0.15, 0.2) is 12.3 Å². The largest absolute Gasteiger partial charge is 0.482 e. The van der Waals surface area contributed by atoms with E-state index in [1.54, 1.807) is 30.5 Å². The van der Waals surface area contributed by atoms with Crippen LogP contribution in [0.5, 0.6) is 5.75 Å². The van der Waals surface area contributed by atoms with Gasteiger partial charge in [-0.15, -0.1) is 0 Å². The van der Waals surface area contributed by atoms with Gasteiger partial charge in [-0.25, -0.2) is 17.9 Å². The van der Waals surface area contributed by atoms with Crippen molar-refractivity contribution in [1.82, 2.24) is 19.9 Å². The first-order valence-corrected chi connectivity index (χ1v) is 16.8. The highest BCUT2D eigenvalue weighted by atomic mass is 35.5. The molecule has 0 aliphatic rings. The number of aromatic nitrogens is 3. The fourth-order valence-corrected chi connectivity index (χ4v) is 6.45. The molecule has 234 valence electrons. The number of imidazole rings is 1. The van der Waals surface area contributed by atoms with Crippen molar-refractivity contribution in [3.63, 3.8) is 0 Å². The number of sulfonamides is 1. The third kappa shape index (κ3) is 8.01. The number of carbonyl (C=O) groups is 1. The summed E-state index contributed by atoms with van der Waals surface area (Å²) in [6.45, 7) is 16.1. The van der Waals surface area contributed by atoms with E-state index < -0.39 is 21.0 Å². The second-order valence-electron chi connectivity index (χ2n) is 13.1. The molecule has 3 N–H and O–H groups in total. The van der Waals surface area contributed by atoms with E-state index in [9.17, 15) is 13.2 Å². The van der Waals surface area contributed by atoms with Crippen LogP contribution in [0, 0.1) is 0 Å². The maximum Gasteiger partial charge on any atom is 0.258 e. The Bertz CT molecular complexity index is 1470. The Kier molecular flexibility index (Phi) is 10.7. The smallest absolute Gasteiger partial charge is 0.258 e. The third-order valence-corrected chi connectivity index (χ3v) is 9.80. The van der Waals surface area contributed by atoms with Crippen LogP contribution in [-0.4, -0.2) is 46.8 Å². The Morgan fingerprint density at radius 2 is 1.67 bits per heavy atom. The average molecular weight is 622 g/mol. The Hall–Kier alpha value is -2.72. The molecule has 1 aromatic carbocycles. The highest BCUT2D eigenvalue weighted by Gasteiger charge is 2.42. The highest BCUT2D eigenvalue weighted by Crippen LogP contribution is 2.38. The molecule has 0 bridgehead atoms. The lowest BCUT2D eigenvalue weighted by Gasteiger charge is -2.41. The van der Waals surface area contributed by atoms with Gasteiger partial charge in [0.05, 0.1) is 29.0 Å². The van der Waals surface area contributed by atoms with Gasteiger partial charge in [0.25, 0.3) is 5.91 Å². The number of para-hydroxylation sites is 2. The molecule has 0 atom stereocenters. The number of ether oxygens (including phenoxy) is 1. The molecule has 2 heterocycles. The van der Waals surface area contributed by atoms with E-state index in [4.69, 9.17) is 16.3 Å². The fourth-order valence-electron chi connectivity index (χ4n) is 4.80. The van der Waals surface area contributed by atoms with Crippen LogP contribution in [0.2, 0.25) is 5.02 Å². The van der Waals surface area contributed by atoms with Gasteiger partial charge in [-0.05, 0) is 32.4 Å². The lowest BCUT2D eigenvalue weighted by atomic mass is 9.72. The van der Waals surface area contributed by atoms with Crippen molar-refractivity contribution in [2.45, 2.75) is 110 Å². The first-order chi connectivity index (χ1) is 19.5. The number of unbranched alkanes of at least 4 members (excludes halogenated alkanes) is 5. The summed E-state index contributed by atoms with van der Waals surface area (Å²) in [5, 5.41) is 7.09. The van der Waals surface area contributed by atoms with Gasteiger partial charge in [0.2, 0.25) is 10.0 Å². The number of hydrogen-bond acceptors (Lipinski definition) is 5. The zero-order valence-corrected chi connectivity index (χ0v) is 27.9. The monoisotopic (exact) mass is 621 g/mol. The SMILES string of the molecule is CCCCCCCCS(=O)(=O)Nc1ccccc1OCC(=O)NC(C)(C)C(C)(C)c1cnc2c(Cl)c(C(C)(C)C)[nH]n12. The second-order valence-corrected chi connectivity index (χ2v) is 15.3. The van der Waals surface area contributed by atoms with Gasteiger partial charge >= 0.3 is 0 Å². The van der Waals surface area contributed by atoms with E-state index in [1.165, 1.54) is 6.42 Å². The maximum atomic E-state index is 13.1. The molecule has 0 unspecified atom stereocenters. The van der Waals surface area contributed by atoms with Gasteiger partial charge in [-0.3, -0.25) is 14.6 Å². The van der Waals surface area contributed by atoms with Gasteiger partial charge in [-0.1, -0.05) is 97.4 Å². The molecular formula is C31H48ClN5O4S. The zero-order chi connectivity index (χ0) is 31.3. The van der Waals surface area contributed by atoms with Crippen LogP contribution in [0.1, 0.15) is 105 Å². The summed E-state index contributed by atoms with van der Waals surface area (Å²) >= 11 is 6.66. The van der Waals surface area contributed by atoms with Gasteiger partial charge in [0.1, 0.15) is 10.8 Å². The van der Waals surface area contributed by atoms with Gasteiger partial charge < -0.3 is 10.1 Å². The van der Waals surface area contributed by atoms with Crippen molar-refractivity contribution < 1.29 is 17.9 Å². The summed E-state index contributed by atoms with van der Waals surface area (Å²) < 4.78 is 35.7. The molecular weight excluding hydrogens is 574 g/mol. The molecule has 1 amide bonds. The van der Waals surface area contributed by atoms with Gasteiger partial charge in [-0.2, -0.15) is 0 Å². The molecule has 0 saturated heterocycles. The summed E-state index contributed by atoms with van der Waals surface area (Å²) in [6, 6.07) is 6.75. The molecule has 0 spiro atoms. The zero-order valence-electron chi connectivity index (χ0n) is 26.4. The molecule has 0 radical (unpaired) electrons. The number of hydrogen-bond donors (Lipinski definition) is 3. The minimum atomic E-state index is -3.54. The lowest BCUT2D eigenvalue weighted by Crippen LogP contribution is -2.57. The van der Waals surface area contributed by atoms with Crippen molar-refractivity contribution in [3.05, 3.63) is 46.9 Å². The Labute approximate surface area is 256 Å². The minimum Gasteiger partial charge on any atom is -0.482 e. The topological polar surface area (TPSA) is 118 Å². The summed E-state index contributed by atoms with van der Waals surface area (Å²) in [5.74, 6) is 0.00506. The molecule has 42 heavy (non-hydrogen) atoms. The number of halogens is 1. The Balaban J connectivity index is 1.66. The van der Waals surface area contributed by atoms with E-state index in [1.807, 2.05) is 32.2 Å². The molecule has 2 aromatic heterocycles. The van der Waals surface area contributed by atoms with Crippen LogP contribution in [0.15, 0.2) is 30.5 Å². The predicted molar refractivity (Wildman–Crippen MR) is 171 cm³/mol. The summed E-state index contributed by atoms with van der Waals surface area (Å²) in [6.07, 6.45) is 7.75. The van der Waals surface area contributed by atoms with E-state index in [0.29, 0.717) is 28.5 Å². The highest BCUT2D eigenvalue weighted by molar-refractivity contribution is 7.92. The number of anilines is 1. The molecule has 9 nitrogen and oxygen atoms in total. The number of aromatic amines is 1. The number of carbonyl (C=O) groups excluding carboxylic acids is 1. The number of benzene rings is 1. The van der Waals surface area contributed by atoms with Crippen molar-refractivity contribution >= 4 is 38.9 Å². The summed E-state index contributed by atoms with van der Waals surface area (Å²) in [5.41, 5.74) is 1.23. The maximum absolute atomic E-state index is 13.1. The van der Waals surface area contributed by atoms with E-state index in [2.05, 4.69) is 47.8 Å². The second kappa shape index (κ2) is 13.3. The van der Waals surface area contributed by atoms with Crippen LogP contribution in [0.25, 0.3) is 5.65 Å². The van der Waals surface area contributed by atoms with Crippen LogP contribution in [0.4, 0.5) is 5.69 Å². The molecule has 0 saturated carbocycles. The number of H-pyrrole nitrogens is 1. The fraction of sp³-hybridized carbons (Fsp3) is 0.613. The van der Waals surface area contributed by atoms with Crippen LogP contribution >= 0.6 is 11.6 Å². The number of nitrogens with zero attached hydrogens (tertiary/aromatic N) is 2. The lowest BCUT2D eigenvalue weighted by molar-refractivity contribution is -0.125. The molecule has 0 fully saturated rings. The minimum absolute atomic E-state index is 0.0440. The average Bonchev–Trinajstić information content (AvgIpc) is 3.45. The van der Waals surface area contributed by atoms with Crippen molar-refractivity contribution in [2.24, 2.45) is 0 Å². The van der Waals surface area contributed by atoms with Crippen LogP contribution < -0.4 is 14.8 Å². The normalized spacial score (nSPS) is 13.0. The van der Waals surface area contributed by atoms with E-state index >= 15 is 0 Å². The predicted octanol–water partition coefficient (Wildman–Crippen LogP) is 6.97. The van der Waals surface area contributed by atoms with Crippen molar-refractivity contribution in [1.29, 1.82) is 0 Å². The number of rotatable bonds is 15. The number of amides is 1. The summed E-state index contributed by atoms with van der Waals surface area (Å²) in [4.78, 5) is 17.7.